The monoisotopic (exact) mass is 515 g/mol. The molecule has 3 atom stereocenters. The fourth-order valence-electron chi connectivity index (χ4n) is 4.76. The molecular formula is C27H41N5O5. The van der Waals surface area contributed by atoms with Crippen LogP contribution in [0.5, 0.6) is 5.75 Å². The van der Waals surface area contributed by atoms with E-state index in [1.54, 1.807) is 31.3 Å². The lowest BCUT2D eigenvalue weighted by atomic mass is 10.1. The van der Waals surface area contributed by atoms with Crippen LogP contribution in [0.25, 0.3) is 0 Å². The zero-order valence-corrected chi connectivity index (χ0v) is 22.4. The second-order valence-electron chi connectivity index (χ2n) is 10.2. The van der Waals surface area contributed by atoms with Crippen molar-refractivity contribution >= 4 is 23.6 Å². The predicted molar refractivity (Wildman–Crippen MR) is 140 cm³/mol. The summed E-state index contributed by atoms with van der Waals surface area (Å²) in [5.74, 6) is -0.908. The molecule has 10 heteroatoms. The number of nitrogens with one attached hydrogen (secondary N) is 3. The van der Waals surface area contributed by atoms with Crippen LogP contribution < -0.4 is 20.7 Å². The Morgan fingerprint density at radius 1 is 1.16 bits per heavy atom. The average Bonchev–Trinajstić information content (AvgIpc) is 3.34. The number of hydrogen-bond acceptors (Lipinski definition) is 6. The number of para-hydroxylation sites is 1. The Kier molecular flexibility index (Phi) is 10.3. The van der Waals surface area contributed by atoms with Crippen molar-refractivity contribution < 1.29 is 23.9 Å². The zero-order valence-electron chi connectivity index (χ0n) is 22.4. The number of rotatable bonds is 5. The van der Waals surface area contributed by atoms with E-state index in [1.807, 2.05) is 13.8 Å². The molecule has 1 saturated heterocycles. The van der Waals surface area contributed by atoms with Crippen molar-refractivity contribution in [2.45, 2.75) is 64.6 Å². The average molecular weight is 516 g/mol. The van der Waals surface area contributed by atoms with Gasteiger partial charge in [-0.25, -0.2) is 0 Å². The van der Waals surface area contributed by atoms with Gasteiger partial charge in [0.15, 0.2) is 0 Å². The van der Waals surface area contributed by atoms with Crippen molar-refractivity contribution in [1.29, 1.82) is 0 Å². The Morgan fingerprint density at radius 2 is 1.92 bits per heavy atom. The normalized spacial score (nSPS) is 24.4. The van der Waals surface area contributed by atoms with Gasteiger partial charge in [0.2, 0.25) is 17.7 Å². The van der Waals surface area contributed by atoms with E-state index in [0.717, 1.165) is 25.9 Å². The standard InChI is InChI=1S/C27H41N5O5/c1-5-32-14-8-9-19(32)15-28-27(36)21-12-13-25(34)31(4)16-24(33)29-22(18(2)3)17-37-23-11-7-6-10-20(23)26(35)30-21/h6-7,10-11,18-19,21-22H,5,8-9,12-17H2,1-4H3,(H,28,36)(H,29,33)(H,30,35)/t19-,21-,22+/m0/s1. The maximum atomic E-state index is 13.3. The largest absolute Gasteiger partial charge is 0.491 e. The molecule has 0 aliphatic carbocycles. The highest BCUT2D eigenvalue weighted by Gasteiger charge is 2.28. The first kappa shape index (κ1) is 28.4. The molecule has 0 unspecified atom stereocenters. The molecule has 3 rings (SSSR count). The number of benzene rings is 1. The van der Waals surface area contributed by atoms with E-state index in [4.69, 9.17) is 4.74 Å². The molecule has 3 N–H and O–H groups in total. The van der Waals surface area contributed by atoms with Gasteiger partial charge in [-0.1, -0.05) is 32.9 Å². The van der Waals surface area contributed by atoms with Gasteiger partial charge in [0.1, 0.15) is 18.4 Å². The molecule has 0 spiro atoms. The first-order chi connectivity index (χ1) is 17.7. The molecule has 2 aliphatic rings. The van der Waals surface area contributed by atoms with Gasteiger partial charge in [-0.05, 0) is 50.4 Å². The highest BCUT2D eigenvalue weighted by Crippen LogP contribution is 2.20. The highest BCUT2D eigenvalue weighted by molar-refractivity contribution is 5.99. The molecule has 1 aromatic carbocycles. The minimum absolute atomic E-state index is 0.0123. The van der Waals surface area contributed by atoms with Crippen LogP contribution in [-0.4, -0.2) is 91.4 Å². The summed E-state index contributed by atoms with van der Waals surface area (Å²) in [6.45, 7) is 8.51. The van der Waals surface area contributed by atoms with Crippen LogP contribution >= 0.6 is 0 Å². The van der Waals surface area contributed by atoms with E-state index in [2.05, 4.69) is 27.8 Å². The number of ether oxygens (including phenoxy) is 1. The van der Waals surface area contributed by atoms with Gasteiger partial charge in [0, 0.05) is 26.1 Å². The molecule has 2 heterocycles. The lowest BCUT2D eigenvalue weighted by Gasteiger charge is -2.25. The number of carbonyl (C=O) groups is 4. The third-order valence-electron chi connectivity index (χ3n) is 7.19. The van der Waals surface area contributed by atoms with E-state index < -0.39 is 11.9 Å². The summed E-state index contributed by atoms with van der Waals surface area (Å²) in [7, 11) is 1.56. The number of likely N-dealkylation sites (N-methyl/N-ethyl adjacent to an activating group) is 2. The fourth-order valence-corrected chi connectivity index (χ4v) is 4.76. The van der Waals surface area contributed by atoms with E-state index in [0.29, 0.717) is 17.9 Å². The van der Waals surface area contributed by atoms with Crippen LogP contribution in [0.4, 0.5) is 0 Å². The molecular weight excluding hydrogens is 474 g/mol. The Hall–Kier alpha value is -3.14. The van der Waals surface area contributed by atoms with E-state index in [9.17, 15) is 19.2 Å². The van der Waals surface area contributed by atoms with Gasteiger partial charge >= 0.3 is 0 Å². The lowest BCUT2D eigenvalue weighted by Crippen LogP contribution is -2.50. The molecule has 204 valence electrons. The van der Waals surface area contributed by atoms with Crippen molar-refractivity contribution in [1.82, 2.24) is 25.8 Å². The summed E-state index contributed by atoms with van der Waals surface area (Å²) in [6, 6.07) is 5.87. The van der Waals surface area contributed by atoms with Crippen LogP contribution in [0.15, 0.2) is 24.3 Å². The van der Waals surface area contributed by atoms with Crippen LogP contribution in [-0.2, 0) is 14.4 Å². The second kappa shape index (κ2) is 13.4. The zero-order chi connectivity index (χ0) is 26.9. The van der Waals surface area contributed by atoms with Crippen molar-refractivity contribution in [3.63, 3.8) is 0 Å². The molecule has 1 fully saturated rings. The van der Waals surface area contributed by atoms with Crippen LogP contribution in [0, 0.1) is 5.92 Å². The lowest BCUT2D eigenvalue weighted by molar-refractivity contribution is -0.135. The van der Waals surface area contributed by atoms with Crippen molar-refractivity contribution in [3.8, 4) is 5.75 Å². The van der Waals surface area contributed by atoms with Gasteiger partial charge in [-0.3, -0.25) is 24.1 Å². The van der Waals surface area contributed by atoms with E-state index in [1.165, 1.54) is 4.90 Å². The van der Waals surface area contributed by atoms with Crippen LogP contribution in [0.2, 0.25) is 0 Å². The number of carbonyl (C=O) groups excluding carboxylic acids is 4. The number of likely N-dealkylation sites (tertiary alicyclic amines) is 1. The summed E-state index contributed by atoms with van der Waals surface area (Å²) in [5, 5.41) is 8.74. The molecule has 37 heavy (non-hydrogen) atoms. The summed E-state index contributed by atoms with van der Waals surface area (Å²) < 4.78 is 5.98. The van der Waals surface area contributed by atoms with Gasteiger partial charge in [0.25, 0.3) is 5.91 Å². The maximum Gasteiger partial charge on any atom is 0.255 e. The van der Waals surface area contributed by atoms with E-state index >= 15 is 0 Å². The Labute approximate surface area is 219 Å². The Bertz CT molecular complexity index is 968. The molecule has 10 nitrogen and oxygen atoms in total. The Morgan fingerprint density at radius 3 is 2.65 bits per heavy atom. The van der Waals surface area contributed by atoms with Gasteiger partial charge in [-0.2, -0.15) is 0 Å². The van der Waals surface area contributed by atoms with Crippen molar-refractivity contribution in [2.75, 3.05) is 39.8 Å². The number of nitrogens with zero attached hydrogens (tertiary/aromatic N) is 2. The smallest absolute Gasteiger partial charge is 0.255 e. The quantitative estimate of drug-likeness (QED) is 0.541. The van der Waals surface area contributed by atoms with Gasteiger partial charge in [-0.15, -0.1) is 0 Å². The van der Waals surface area contributed by atoms with Crippen LogP contribution in [0.3, 0.4) is 0 Å². The number of amides is 4. The second-order valence-corrected chi connectivity index (χ2v) is 10.2. The van der Waals surface area contributed by atoms with Gasteiger partial charge < -0.3 is 25.6 Å². The topological polar surface area (TPSA) is 120 Å². The Balaban J connectivity index is 1.81. The molecule has 4 amide bonds. The first-order valence-electron chi connectivity index (χ1n) is 13.3. The summed E-state index contributed by atoms with van der Waals surface area (Å²) in [6.07, 6.45) is 2.23. The van der Waals surface area contributed by atoms with Crippen molar-refractivity contribution in [3.05, 3.63) is 29.8 Å². The SMILES string of the molecule is CCN1CCC[C@H]1CNC(=O)[C@@H]1CCC(=O)N(C)CC(=O)N[C@@H](C(C)C)COc2ccccc2C(=O)N1. The molecule has 1 aromatic rings. The molecule has 0 bridgehead atoms. The molecule has 0 aromatic heterocycles. The minimum atomic E-state index is -0.906. The summed E-state index contributed by atoms with van der Waals surface area (Å²) >= 11 is 0. The third-order valence-corrected chi connectivity index (χ3v) is 7.19. The molecule has 0 saturated carbocycles. The van der Waals surface area contributed by atoms with Crippen LogP contribution in [0.1, 0.15) is 56.8 Å². The van der Waals surface area contributed by atoms with E-state index in [-0.39, 0.29) is 61.7 Å². The number of hydrogen-bond donors (Lipinski definition) is 3. The maximum absolute atomic E-state index is 13.3. The summed E-state index contributed by atoms with van der Waals surface area (Å²) in [5.41, 5.74) is 0.292. The van der Waals surface area contributed by atoms with Gasteiger partial charge in [0.05, 0.1) is 18.2 Å². The predicted octanol–water partition coefficient (Wildman–Crippen LogP) is 1.16. The summed E-state index contributed by atoms with van der Waals surface area (Å²) in [4.78, 5) is 55.6. The van der Waals surface area contributed by atoms with Crippen molar-refractivity contribution in [2.24, 2.45) is 5.92 Å². The molecule has 0 radical (unpaired) electrons. The number of fused-ring (bicyclic) bond motifs is 1. The fraction of sp³-hybridized carbons (Fsp3) is 0.630. The molecule has 2 aliphatic heterocycles. The highest BCUT2D eigenvalue weighted by atomic mass is 16.5. The minimum Gasteiger partial charge on any atom is -0.491 e. The first-order valence-corrected chi connectivity index (χ1v) is 13.3. The third kappa shape index (κ3) is 7.92.